The fourth-order valence-corrected chi connectivity index (χ4v) is 3.35. The number of nitrogens with two attached hydrogens (primary N) is 1. The molecule has 2 atom stereocenters. The molecule has 6 nitrogen and oxygen atoms in total. The van der Waals surface area contributed by atoms with Crippen molar-refractivity contribution in [3.8, 4) is 0 Å². The Morgan fingerprint density at radius 3 is 2.12 bits per heavy atom. The first kappa shape index (κ1) is 19.9. The summed E-state index contributed by atoms with van der Waals surface area (Å²) in [6.45, 7) is 5.80. The highest BCUT2D eigenvalue weighted by molar-refractivity contribution is 7.92. The van der Waals surface area contributed by atoms with Crippen LogP contribution in [0, 0.1) is 12.8 Å². The molecule has 0 aliphatic heterocycles. The lowest BCUT2D eigenvalue weighted by Crippen LogP contribution is -2.40. The second-order valence-corrected chi connectivity index (χ2v) is 8.08. The minimum absolute atomic E-state index is 0.0793. The van der Waals surface area contributed by atoms with Gasteiger partial charge in [-0.05, 0) is 49.2 Å². The summed E-state index contributed by atoms with van der Waals surface area (Å²) < 4.78 is 27.3. The lowest BCUT2D eigenvalue weighted by Gasteiger charge is -2.17. The van der Waals surface area contributed by atoms with Crippen LogP contribution in [0.15, 0.2) is 53.4 Å². The summed E-state index contributed by atoms with van der Waals surface area (Å²) >= 11 is 0. The van der Waals surface area contributed by atoms with E-state index in [0.29, 0.717) is 11.4 Å². The highest BCUT2D eigenvalue weighted by Gasteiger charge is 2.19. The van der Waals surface area contributed by atoms with E-state index in [1.165, 1.54) is 0 Å². The zero-order chi connectivity index (χ0) is 19.3. The fraction of sp³-hybridized carbons (Fsp3) is 0.316. The second-order valence-electron chi connectivity index (χ2n) is 6.40. The normalized spacial score (nSPS) is 13.7. The zero-order valence-corrected chi connectivity index (χ0v) is 16.0. The Bertz CT molecular complexity index is 847. The number of aryl methyl sites for hydroxylation is 1. The van der Waals surface area contributed by atoms with Gasteiger partial charge in [0.15, 0.2) is 0 Å². The molecule has 0 saturated carbocycles. The first-order valence-corrected chi connectivity index (χ1v) is 9.97. The smallest absolute Gasteiger partial charge is 0.261 e. The molecule has 2 aromatic carbocycles. The lowest BCUT2D eigenvalue weighted by molar-refractivity contribution is -0.118. The Hall–Kier alpha value is -2.38. The zero-order valence-electron chi connectivity index (χ0n) is 15.2. The molecule has 7 heteroatoms. The van der Waals surface area contributed by atoms with E-state index in [2.05, 4.69) is 10.0 Å². The molecule has 0 radical (unpaired) electrons. The van der Waals surface area contributed by atoms with Crippen LogP contribution >= 0.6 is 0 Å². The molecular formula is C19H25N3O3S. The van der Waals surface area contributed by atoms with Crippen LogP contribution in [0.1, 0.15) is 25.8 Å². The van der Waals surface area contributed by atoms with Gasteiger partial charge in [-0.3, -0.25) is 9.52 Å². The van der Waals surface area contributed by atoms with Crippen LogP contribution in [0.2, 0.25) is 0 Å². The number of carbonyl (C=O) groups excluding carboxylic acids is 1. The van der Waals surface area contributed by atoms with Crippen LogP contribution in [0.3, 0.4) is 0 Å². The number of hydrogen-bond acceptors (Lipinski definition) is 4. The maximum absolute atomic E-state index is 12.4. The quantitative estimate of drug-likeness (QED) is 0.692. The number of carbonyl (C=O) groups is 1. The number of hydrogen-bond donors (Lipinski definition) is 3. The van der Waals surface area contributed by atoms with Crippen LogP contribution < -0.4 is 15.8 Å². The summed E-state index contributed by atoms with van der Waals surface area (Å²) in [6.07, 6.45) is 0.814. The molecule has 0 aromatic heterocycles. The Balaban J connectivity index is 2.05. The first-order valence-electron chi connectivity index (χ1n) is 8.49. The molecule has 1 amide bonds. The number of amides is 1. The molecule has 140 valence electrons. The molecule has 2 aromatic rings. The summed E-state index contributed by atoms with van der Waals surface area (Å²) in [5.74, 6) is -0.178. The van der Waals surface area contributed by atoms with Gasteiger partial charge in [-0.25, -0.2) is 8.42 Å². The van der Waals surface area contributed by atoms with E-state index in [4.69, 9.17) is 5.73 Å². The maximum atomic E-state index is 12.4. The minimum Gasteiger partial charge on any atom is -0.325 e. The van der Waals surface area contributed by atoms with Gasteiger partial charge in [0.1, 0.15) is 0 Å². The van der Waals surface area contributed by atoms with Crippen LogP contribution in [0.4, 0.5) is 11.4 Å². The summed E-state index contributed by atoms with van der Waals surface area (Å²) in [7, 11) is -3.65. The van der Waals surface area contributed by atoms with Crippen molar-refractivity contribution in [2.45, 2.75) is 38.1 Å². The molecule has 26 heavy (non-hydrogen) atoms. The number of sulfonamides is 1. The van der Waals surface area contributed by atoms with Crippen molar-refractivity contribution in [2.24, 2.45) is 11.7 Å². The summed E-state index contributed by atoms with van der Waals surface area (Å²) in [4.78, 5) is 12.3. The second kappa shape index (κ2) is 8.33. The number of benzene rings is 2. The Labute approximate surface area is 154 Å². The predicted octanol–water partition coefficient (Wildman–Crippen LogP) is 3.11. The molecule has 0 bridgehead atoms. The van der Waals surface area contributed by atoms with Crippen molar-refractivity contribution >= 4 is 27.3 Å². The van der Waals surface area contributed by atoms with Crippen molar-refractivity contribution in [1.82, 2.24) is 0 Å². The molecule has 0 aliphatic rings. The third-order valence-electron chi connectivity index (χ3n) is 4.30. The molecule has 0 aliphatic carbocycles. The first-order chi connectivity index (χ1) is 12.2. The van der Waals surface area contributed by atoms with E-state index >= 15 is 0 Å². The van der Waals surface area contributed by atoms with Gasteiger partial charge in [-0.1, -0.05) is 38.0 Å². The van der Waals surface area contributed by atoms with Gasteiger partial charge in [0.2, 0.25) is 5.91 Å². The van der Waals surface area contributed by atoms with E-state index in [-0.39, 0.29) is 16.7 Å². The van der Waals surface area contributed by atoms with Crippen molar-refractivity contribution in [2.75, 3.05) is 10.0 Å². The highest BCUT2D eigenvalue weighted by atomic mass is 32.2. The summed E-state index contributed by atoms with van der Waals surface area (Å²) in [5.41, 5.74) is 7.86. The monoisotopic (exact) mass is 375 g/mol. The molecule has 0 fully saturated rings. The Morgan fingerprint density at radius 2 is 1.58 bits per heavy atom. The topological polar surface area (TPSA) is 101 Å². The molecule has 0 heterocycles. The molecule has 0 spiro atoms. The van der Waals surface area contributed by atoms with Gasteiger partial charge in [0, 0.05) is 11.4 Å². The molecule has 0 saturated heterocycles. The van der Waals surface area contributed by atoms with Crippen molar-refractivity contribution in [1.29, 1.82) is 0 Å². The standard InChI is InChI=1S/C19H25N3O3S/c1-4-14(3)18(20)19(23)21-15-7-9-16(10-8-15)22-26(24,25)17-11-5-13(2)6-12-17/h5-12,14,18,22H,4,20H2,1-3H3,(H,21,23). The molecule has 4 N–H and O–H groups in total. The Kier molecular flexibility index (Phi) is 6.39. The van der Waals surface area contributed by atoms with E-state index in [1.54, 1.807) is 48.5 Å². The molecular weight excluding hydrogens is 350 g/mol. The van der Waals surface area contributed by atoms with Crippen molar-refractivity contribution in [3.05, 3.63) is 54.1 Å². The van der Waals surface area contributed by atoms with E-state index in [0.717, 1.165) is 12.0 Å². The van der Waals surface area contributed by atoms with E-state index in [9.17, 15) is 13.2 Å². The van der Waals surface area contributed by atoms with Crippen LogP contribution in [-0.4, -0.2) is 20.4 Å². The van der Waals surface area contributed by atoms with Crippen molar-refractivity contribution < 1.29 is 13.2 Å². The maximum Gasteiger partial charge on any atom is 0.261 e. The lowest BCUT2D eigenvalue weighted by atomic mass is 9.99. The Morgan fingerprint density at radius 1 is 1.04 bits per heavy atom. The minimum atomic E-state index is -3.65. The van der Waals surface area contributed by atoms with Gasteiger partial charge in [-0.2, -0.15) is 0 Å². The number of rotatable bonds is 7. The van der Waals surface area contributed by atoms with Gasteiger partial charge < -0.3 is 11.1 Å². The predicted molar refractivity (Wildman–Crippen MR) is 104 cm³/mol. The van der Waals surface area contributed by atoms with Gasteiger partial charge in [0.25, 0.3) is 10.0 Å². The third-order valence-corrected chi connectivity index (χ3v) is 5.69. The van der Waals surface area contributed by atoms with Gasteiger partial charge >= 0.3 is 0 Å². The van der Waals surface area contributed by atoms with E-state index < -0.39 is 16.1 Å². The van der Waals surface area contributed by atoms with Crippen LogP contribution in [0.25, 0.3) is 0 Å². The van der Waals surface area contributed by atoms with Crippen LogP contribution in [-0.2, 0) is 14.8 Å². The number of nitrogens with one attached hydrogen (secondary N) is 2. The summed E-state index contributed by atoms with van der Waals surface area (Å²) in [5, 5.41) is 2.74. The SMILES string of the molecule is CCC(C)C(N)C(=O)Nc1ccc(NS(=O)(=O)c2ccc(C)cc2)cc1. The average molecular weight is 375 g/mol. The average Bonchev–Trinajstić information content (AvgIpc) is 2.62. The summed E-state index contributed by atoms with van der Waals surface area (Å²) in [6, 6.07) is 12.5. The molecule has 2 rings (SSSR count). The van der Waals surface area contributed by atoms with Crippen molar-refractivity contribution in [3.63, 3.8) is 0 Å². The van der Waals surface area contributed by atoms with E-state index in [1.807, 2.05) is 20.8 Å². The third kappa shape index (κ3) is 5.06. The fourth-order valence-electron chi connectivity index (χ4n) is 2.29. The highest BCUT2D eigenvalue weighted by Crippen LogP contribution is 2.19. The van der Waals surface area contributed by atoms with Gasteiger partial charge in [0.05, 0.1) is 10.9 Å². The number of anilines is 2. The molecule has 2 unspecified atom stereocenters. The largest absolute Gasteiger partial charge is 0.325 e. The van der Waals surface area contributed by atoms with Crippen LogP contribution in [0.5, 0.6) is 0 Å². The van der Waals surface area contributed by atoms with Gasteiger partial charge in [-0.15, -0.1) is 0 Å².